The minimum atomic E-state index is -2.67. The molecule has 7 heteroatoms. The summed E-state index contributed by atoms with van der Waals surface area (Å²) in [6.45, 7) is 0. The topological polar surface area (TPSA) is 65.2 Å². The van der Waals surface area contributed by atoms with E-state index in [4.69, 9.17) is 5.73 Å². The van der Waals surface area contributed by atoms with E-state index in [-0.39, 0.29) is 21.4 Å². The Morgan fingerprint density at radius 3 is 2.75 bits per heavy atom. The molecule has 0 atom stereocenters. The van der Waals surface area contributed by atoms with E-state index in [0.717, 1.165) is 0 Å². The molecule has 0 bridgehead atoms. The van der Waals surface area contributed by atoms with Gasteiger partial charge in [-0.1, -0.05) is 0 Å². The first-order valence-corrected chi connectivity index (χ1v) is 5.33. The van der Waals surface area contributed by atoms with Crippen LogP contribution in [-0.2, 0) is 16.0 Å². The van der Waals surface area contributed by atoms with E-state index >= 15 is 0 Å². The highest BCUT2D eigenvalue weighted by Crippen LogP contribution is 2.29. The number of hydrogen-bond donors (Lipinski definition) is 1. The number of ether oxygens (including phenoxy) is 1. The lowest BCUT2D eigenvalue weighted by molar-refractivity contribution is -0.139. The molecule has 1 aromatic rings. The Bertz CT molecular complexity index is 389. The number of hydrogen-bond acceptors (Lipinski definition) is 4. The van der Waals surface area contributed by atoms with Crippen molar-refractivity contribution in [2.24, 2.45) is 0 Å². The normalized spacial score (nSPS) is 10.6. The highest BCUT2D eigenvalue weighted by atomic mass is 127. The Labute approximate surface area is 104 Å². The fourth-order valence-electron chi connectivity index (χ4n) is 1.12. The molecule has 16 heavy (non-hydrogen) atoms. The zero-order chi connectivity index (χ0) is 12.3. The molecule has 0 saturated heterocycles. The summed E-state index contributed by atoms with van der Waals surface area (Å²) in [6, 6.07) is 1.26. The smallest absolute Gasteiger partial charge is 0.311 e. The third kappa shape index (κ3) is 3.00. The summed E-state index contributed by atoms with van der Waals surface area (Å²) in [6.07, 6.45) is -2.76. The molecule has 0 aliphatic carbocycles. The van der Waals surface area contributed by atoms with Crippen LogP contribution < -0.4 is 5.73 Å². The van der Waals surface area contributed by atoms with Crippen molar-refractivity contribution in [3.8, 4) is 0 Å². The van der Waals surface area contributed by atoms with Gasteiger partial charge in [0.15, 0.2) is 0 Å². The molecule has 4 nitrogen and oxygen atoms in total. The zero-order valence-electron chi connectivity index (χ0n) is 8.34. The number of nitrogens with zero attached hydrogens (tertiary/aromatic N) is 1. The molecule has 0 fully saturated rings. The fourth-order valence-corrected chi connectivity index (χ4v) is 1.98. The average molecular weight is 342 g/mol. The van der Waals surface area contributed by atoms with E-state index in [2.05, 4.69) is 9.72 Å². The third-order valence-electron chi connectivity index (χ3n) is 1.87. The second kappa shape index (κ2) is 5.37. The Hall–Kier alpha value is -0.990. The summed E-state index contributed by atoms with van der Waals surface area (Å²) in [5.41, 5.74) is 5.42. The number of nitrogens with two attached hydrogens (primary N) is 1. The Balaban J connectivity index is 3.05. The SMILES string of the molecule is COC(=O)Cc1cc(N)c(C(F)F)c(I)n1. The largest absolute Gasteiger partial charge is 0.469 e. The number of carbonyl (C=O) groups is 1. The molecule has 1 heterocycles. The molecular formula is C9H9F2IN2O2. The molecular weight excluding hydrogens is 333 g/mol. The predicted molar refractivity (Wildman–Crippen MR) is 62.0 cm³/mol. The number of esters is 1. The third-order valence-corrected chi connectivity index (χ3v) is 2.69. The van der Waals surface area contributed by atoms with Crippen LogP contribution in [0.15, 0.2) is 6.07 Å². The second-order valence-corrected chi connectivity index (χ2v) is 3.98. The maximum Gasteiger partial charge on any atom is 0.311 e. The molecule has 0 amide bonds. The van der Waals surface area contributed by atoms with Gasteiger partial charge in [-0.25, -0.2) is 13.8 Å². The van der Waals surface area contributed by atoms with Crippen LogP contribution in [0, 0.1) is 3.70 Å². The minimum Gasteiger partial charge on any atom is -0.469 e. The molecule has 0 aliphatic heterocycles. The van der Waals surface area contributed by atoms with Gasteiger partial charge in [0.05, 0.1) is 24.8 Å². The molecule has 0 spiro atoms. The van der Waals surface area contributed by atoms with E-state index in [1.165, 1.54) is 13.2 Å². The minimum absolute atomic E-state index is 0.0618. The first-order valence-electron chi connectivity index (χ1n) is 4.25. The lowest BCUT2D eigenvalue weighted by Gasteiger charge is -2.08. The monoisotopic (exact) mass is 342 g/mol. The van der Waals surface area contributed by atoms with Crippen molar-refractivity contribution < 1.29 is 18.3 Å². The van der Waals surface area contributed by atoms with Crippen LogP contribution in [0.5, 0.6) is 0 Å². The molecule has 0 aromatic carbocycles. The average Bonchev–Trinajstić information content (AvgIpc) is 2.15. The van der Waals surface area contributed by atoms with Gasteiger partial charge >= 0.3 is 5.97 Å². The summed E-state index contributed by atoms with van der Waals surface area (Å²) in [5.74, 6) is -0.493. The van der Waals surface area contributed by atoms with Crippen molar-refractivity contribution in [2.45, 2.75) is 12.8 Å². The van der Waals surface area contributed by atoms with Crippen LogP contribution in [0.4, 0.5) is 14.5 Å². The number of rotatable bonds is 3. The predicted octanol–water partition coefficient (Wildman–Crippen LogP) is 1.92. The first-order chi connectivity index (χ1) is 7.45. The van der Waals surface area contributed by atoms with Gasteiger partial charge in [0, 0.05) is 5.69 Å². The molecule has 1 rings (SSSR count). The number of pyridine rings is 1. The number of methoxy groups -OCH3 is 1. The van der Waals surface area contributed by atoms with Crippen LogP contribution in [0.25, 0.3) is 0 Å². The Morgan fingerprint density at radius 2 is 2.31 bits per heavy atom. The van der Waals surface area contributed by atoms with Gasteiger partial charge in [-0.3, -0.25) is 4.79 Å². The van der Waals surface area contributed by atoms with E-state index in [1.54, 1.807) is 22.6 Å². The van der Waals surface area contributed by atoms with Gasteiger partial charge in [0.2, 0.25) is 0 Å². The van der Waals surface area contributed by atoms with Crippen molar-refractivity contribution in [3.63, 3.8) is 0 Å². The molecule has 0 unspecified atom stereocenters. The van der Waals surface area contributed by atoms with Crippen molar-refractivity contribution in [2.75, 3.05) is 12.8 Å². The van der Waals surface area contributed by atoms with Gasteiger partial charge in [0.25, 0.3) is 6.43 Å². The summed E-state index contributed by atoms with van der Waals surface area (Å²) < 4.78 is 29.6. The number of carbonyl (C=O) groups excluding carboxylic acids is 1. The molecule has 0 radical (unpaired) electrons. The zero-order valence-corrected chi connectivity index (χ0v) is 10.5. The summed E-state index contributed by atoms with van der Waals surface area (Å²) in [4.78, 5) is 14.8. The number of anilines is 1. The van der Waals surface area contributed by atoms with Crippen LogP contribution in [-0.4, -0.2) is 18.1 Å². The lowest BCUT2D eigenvalue weighted by atomic mass is 10.2. The van der Waals surface area contributed by atoms with Gasteiger partial charge < -0.3 is 10.5 Å². The van der Waals surface area contributed by atoms with Crippen LogP contribution in [0.2, 0.25) is 0 Å². The van der Waals surface area contributed by atoms with E-state index in [1.807, 2.05) is 0 Å². The van der Waals surface area contributed by atoms with Gasteiger partial charge in [-0.2, -0.15) is 0 Å². The maximum atomic E-state index is 12.5. The van der Waals surface area contributed by atoms with E-state index in [0.29, 0.717) is 5.69 Å². The number of halogens is 3. The number of alkyl halides is 2. The fraction of sp³-hybridized carbons (Fsp3) is 0.333. The molecule has 1 aromatic heterocycles. The summed E-state index contributed by atoms with van der Waals surface area (Å²) in [5, 5.41) is 0. The van der Waals surface area contributed by atoms with E-state index < -0.39 is 12.4 Å². The highest BCUT2D eigenvalue weighted by Gasteiger charge is 2.18. The second-order valence-electron chi connectivity index (χ2n) is 2.96. The van der Waals surface area contributed by atoms with Crippen molar-refractivity contribution in [1.82, 2.24) is 4.98 Å². The van der Waals surface area contributed by atoms with Crippen LogP contribution >= 0.6 is 22.6 Å². The first kappa shape index (κ1) is 13.1. The highest BCUT2D eigenvalue weighted by molar-refractivity contribution is 14.1. The van der Waals surface area contributed by atoms with Crippen molar-refractivity contribution >= 4 is 34.2 Å². The Kier molecular flexibility index (Phi) is 4.39. The number of aromatic nitrogens is 1. The van der Waals surface area contributed by atoms with Crippen LogP contribution in [0.3, 0.4) is 0 Å². The Morgan fingerprint density at radius 1 is 1.69 bits per heavy atom. The quantitative estimate of drug-likeness (QED) is 0.518. The summed E-state index contributed by atoms with van der Waals surface area (Å²) in [7, 11) is 1.24. The van der Waals surface area contributed by atoms with Crippen LogP contribution in [0.1, 0.15) is 17.7 Å². The van der Waals surface area contributed by atoms with Gasteiger partial charge in [-0.15, -0.1) is 0 Å². The van der Waals surface area contributed by atoms with Crippen molar-refractivity contribution in [1.29, 1.82) is 0 Å². The van der Waals surface area contributed by atoms with Crippen molar-refractivity contribution in [3.05, 3.63) is 21.0 Å². The van der Waals surface area contributed by atoms with E-state index in [9.17, 15) is 13.6 Å². The molecule has 88 valence electrons. The summed E-state index contributed by atoms with van der Waals surface area (Å²) >= 11 is 1.66. The number of nitrogen functional groups attached to an aromatic ring is 1. The molecule has 0 saturated carbocycles. The maximum absolute atomic E-state index is 12.5. The van der Waals surface area contributed by atoms with Gasteiger partial charge in [0.1, 0.15) is 3.70 Å². The molecule has 2 N–H and O–H groups in total. The lowest BCUT2D eigenvalue weighted by Crippen LogP contribution is -2.09. The standard InChI is InChI=1S/C9H9F2IN2O2/c1-16-6(15)3-4-2-5(13)7(8(10)11)9(12)14-4/h2,8H,3H2,1H3,(H2,13,14). The van der Waals surface area contributed by atoms with Gasteiger partial charge in [-0.05, 0) is 28.7 Å². The molecule has 0 aliphatic rings.